The molecule has 1 atom stereocenters. The van der Waals surface area contributed by atoms with E-state index in [1.54, 1.807) is 26.0 Å². The van der Waals surface area contributed by atoms with Gasteiger partial charge in [0.05, 0.1) is 0 Å². The number of hydrogen-bond acceptors (Lipinski definition) is 0. The molecule has 1 heterocycles. The van der Waals surface area contributed by atoms with E-state index in [1.165, 1.54) is 44.9 Å². The Morgan fingerprint density at radius 2 is 1.79 bits per heavy atom. The first-order valence-corrected chi connectivity index (χ1v) is 10.0. The zero-order valence-electron chi connectivity index (χ0n) is 9.34. The minimum Gasteiger partial charge on any atom is -0.102 e. The molecular formula is C11H21P3. The zero-order valence-corrected chi connectivity index (χ0v) is 12.1. The number of aryl methyl sites for hydroxylation is 2. The molecule has 0 amide bonds. The van der Waals surface area contributed by atoms with Gasteiger partial charge in [-0.2, -0.15) is 0 Å². The number of rotatable bonds is 7. The third kappa shape index (κ3) is 4.93. The van der Waals surface area contributed by atoms with Gasteiger partial charge in [-0.25, -0.2) is 0 Å². The van der Waals surface area contributed by atoms with Crippen LogP contribution in [0.15, 0.2) is 0 Å². The highest BCUT2D eigenvalue weighted by molar-refractivity contribution is 8.17. The maximum atomic E-state index is 2.33. The molecule has 0 spiro atoms. The minimum atomic E-state index is 1.11. The predicted molar refractivity (Wildman–Crippen MR) is 72.8 cm³/mol. The SMILES string of the molecule is CCCCCCCCc1pp[pH]c1C. The second kappa shape index (κ2) is 7.87. The van der Waals surface area contributed by atoms with Crippen LogP contribution in [-0.2, 0) is 6.42 Å². The van der Waals surface area contributed by atoms with Gasteiger partial charge in [0.1, 0.15) is 0 Å². The fourth-order valence-electron chi connectivity index (χ4n) is 1.61. The van der Waals surface area contributed by atoms with Crippen LogP contribution < -0.4 is 0 Å². The summed E-state index contributed by atoms with van der Waals surface area (Å²) in [5.41, 5.74) is 0. The maximum Gasteiger partial charge on any atom is -0.00883 e. The molecule has 3 heteroatoms. The van der Waals surface area contributed by atoms with Gasteiger partial charge in [-0.1, -0.05) is 39.0 Å². The summed E-state index contributed by atoms with van der Waals surface area (Å²) in [4.78, 5) is 0. The summed E-state index contributed by atoms with van der Waals surface area (Å²) in [6.07, 6.45) is 9.97. The van der Waals surface area contributed by atoms with E-state index in [-0.39, 0.29) is 0 Å². The van der Waals surface area contributed by atoms with Crippen LogP contribution in [0, 0.1) is 6.92 Å². The van der Waals surface area contributed by atoms with Crippen molar-refractivity contribution in [2.75, 3.05) is 0 Å². The molecule has 0 radical (unpaired) electrons. The lowest BCUT2D eigenvalue weighted by Gasteiger charge is -2.00. The highest BCUT2D eigenvalue weighted by Gasteiger charge is 1.99. The summed E-state index contributed by atoms with van der Waals surface area (Å²) in [6, 6.07) is 0. The van der Waals surface area contributed by atoms with Crippen LogP contribution in [-0.4, -0.2) is 0 Å². The number of hydrogen-bond donors (Lipinski definition) is 0. The van der Waals surface area contributed by atoms with Crippen molar-refractivity contribution in [3.05, 3.63) is 10.6 Å². The van der Waals surface area contributed by atoms with E-state index in [4.69, 9.17) is 0 Å². The van der Waals surface area contributed by atoms with Gasteiger partial charge in [0, 0.05) is 0 Å². The lowest BCUT2D eigenvalue weighted by Crippen LogP contribution is -1.83. The second-order valence-electron chi connectivity index (χ2n) is 3.90. The first-order valence-electron chi connectivity index (χ1n) is 5.71. The molecule has 0 aliphatic carbocycles. The molecule has 0 aliphatic rings. The van der Waals surface area contributed by atoms with E-state index in [9.17, 15) is 0 Å². The summed E-state index contributed by atoms with van der Waals surface area (Å²) < 4.78 is 0. The molecule has 0 aromatic carbocycles. The molecule has 0 saturated carbocycles. The van der Waals surface area contributed by atoms with Gasteiger partial charge in [0.25, 0.3) is 0 Å². The first kappa shape index (κ1) is 12.7. The zero-order chi connectivity index (χ0) is 10.2. The average Bonchev–Trinajstić information content (AvgIpc) is 2.58. The van der Waals surface area contributed by atoms with Crippen molar-refractivity contribution in [1.29, 1.82) is 0 Å². The van der Waals surface area contributed by atoms with Crippen LogP contribution in [0.1, 0.15) is 56.0 Å². The monoisotopic (exact) mass is 246 g/mol. The van der Waals surface area contributed by atoms with Gasteiger partial charge in [0.2, 0.25) is 0 Å². The van der Waals surface area contributed by atoms with Crippen molar-refractivity contribution in [3.8, 4) is 0 Å². The molecule has 0 saturated heterocycles. The smallest absolute Gasteiger partial charge is 0.00883 e. The normalized spacial score (nSPS) is 12.4. The largest absolute Gasteiger partial charge is 0.102 e. The first-order chi connectivity index (χ1) is 6.84. The van der Waals surface area contributed by atoms with Crippen molar-refractivity contribution >= 4 is 23.3 Å². The molecule has 80 valence electrons. The van der Waals surface area contributed by atoms with Crippen LogP contribution >= 0.6 is 23.3 Å². The highest BCUT2D eigenvalue weighted by Crippen LogP contribution is 2.41. The Hall–Kier alpha value is 0.640. The quantitative estimate of drug-likeness (QED) is 0.510. The highest BCUT2D eigenvalue weighted by atomic mass is 32.1. The second-order valence-corrected chi connectivity index (χ2v) is 9.49. The summed E-state index contributed by atoms with van der Waals surface area (Å²) in [5, 5.41) is 3.47. The predicted octanol–water partition coefficient (Wildman–Crippen LogP) is 6.09. The standard InChI is InChI=1S/C11H21P3/c1-3-4-5-6-7-8-9-11-10(2)12-14-13-11/h12H,3-9H2,1-2H3. The Balaban J connectivity index is 2.02. The molecule has 1 unspecified atom stereocenters. The topological polar surface area (TPSA) is 0 Å². The van der Waals surface area contributed by atoms with E-state index in [0.717, 1.165) is 7.87 Å². The summed E-state index contributed by atoms with van der Waals surface area (Å²) in [7, 11) is 4.38. The Morgan fingerprint density at radius 3 is 2.43 bits per heavy atom. The summed E-state index contributed by atoms with van der Waals surface area (Å²) in [6.45, 7) is 4.61. The van der Waals surface area contributed by atoms with Crippen molar-refractivity contribution in [2.24, 2.45) is 0 Å². The van der Waals surface area contributed by atoms with E-state index >= 15 is 0 Å². The molecule has 0 aliphatic heterocycles. The van der Waals surface area contributed by atoms with Crippen LogP contribution in [0.2, 0.25) is 0 Å². The molecule has 0 nitrogen and oxygen atoms in total. The molecule has 14 heavy (non-hydrogen) atoms. The van der Waals surface area contributed by atoms with Crippen molar-refractivity contribution < 1.29 is 0 Å². The van der Waals surface area contributed by atoms with Crippen LogP contribution in [0.25, 0.3) is 0 Å². The fourth-order valence-corrected chi connectivity index (χ4v) is 8.48. The molecule has 1 aromatic heterocycles. The molecule has 0 fully saturated rings. The summed E-state index contributed by atoms with van der Waals surface area (Å²) >= 11 is 0. The van der Waals surface area contributed by atoms with Gasteiger partial charge in [-0.05, 0) is 45.8 Å². The Morgan fingerprint density at radius 1 is 1.07 bits per heavy atom. The van der Waals surface area contributed by atoms with Gasteiger partial charge < -0.3 is 0 Å². The van der Waals surface area contributed by atoms with Gasteiger partial charge in [-0.3, -0.25) is 0 Å². The van der Waals surface area contributed by atoms with Crippen LogP contribution in [0.5, 0.6) is 0 Å². The molecule has 1 aromatic rings. The molecule has 0 bridgehead atoms. The van der Waals surface area contributed by atoms with Crippen LogP contribution in [0.4, 0.5) is 0 Å². The maximum absolute atomic E-state index is 2.33. The lowest BCUT2D eigenvalue weighted by molar-refractivity contribution is 0.609. The fraction of sp³-hybridized carbons (Fsp3) is 0.818. The third-order valence-electron chi connectivity index (χ3n) is 2.59. The Kier molecular flexibility index (Phi) is 7.14. The number of unbranched alkanes of at least 4 members (excludes halogenated alkanes) is 5. The van der Waals surface area contributed by atoms with Gasteiger partial charge in [-0.15, -0.1) is 7.87 Å². The van der Waals surface area contributed by atoms with Gasteiger partial charge >= 0.3 is 0 Å². The minimum absolute atomic E-state index is 1.11. The van der Waals surface area contributed by atoms with Gasteiger partial charge in [0.15, 0.2) is 0 Å². The molecular weight excluding hydrogens is 225 g/mol. The van der Waals surface area contributed by atoms with Crippen LogP contribution in [0.3, 0.4) is 0 Å². The third-order valence-corrected chi connectivity index (χ3v) is 8.57. The van der Waals surface area contributed by atoms with E-state index in [1.807, 2.05) is 0 Å². The van der Waals surface area contributed by atoms with Crippen molar-refractivity contribution in [3.63, 3.8) is 0 Å². The Labute approximate surface area is 93.0 Å². The Bertz CT molecular complexity index is 242. The molecule has 1 rings (SSSR count). The van der Waals surface area contributed by atoms with Crippen molar-refractivity contribution in [2.45, 2.75) is 58.8 Å². The van der Waals surface area contributed by atoms with Crippen molar-refractivity contribution in [1.82, 2.24) is 0 Å². The van der Waals surface area contributed by atoms with E-state index < -0.39 is 0 Å². The average molecular weight is 246 g/mol. The van der Waals surface area contributed by atoms with E-state index in [2.05, 4.69) is 13.8 Å². The molecule has 0 N–H and O–H groups in total. The van der Waals surface area contributed by atoms with E-state index in [0.29, 0.717) is 0 Å². The summed E-state index contributed by atoms with van der Waals surface area (Å²) in [5.74, 6) is 0. The lowest BCUT2D eigenvalue weighted by atomic mass is 10.1.